The van der Waals surface area contributed by atoms with Crippen LogP contribution in [-0.2, 0) is 10.5 Å². The zero-order valence-electron chi connectivity index (χ0n) is 17.5. The second kappa shape index (κ2) is 8.58. The van der Waals surface area contributed by atoms with Crippen molar-refractivity contribution < 1.29 is 4.79 Å². The Morgan fingerprint density at radius 1 is 1.03 bits per heavy atom. The lowest BCUT2D eigenvalue weighted by atomic mass is 10.1. The highest BCUT2D eigenvalue weighted by Gasteiger charge is 2.20. The summed E-state index contributed by atoms with van der Waals surface area (Å²) < 4.78 is 0. The first-order valence-electron chi connectivity index (χ1n) is 9.74. The van der Waals surface area contributed by atoms with Gasteiger partial charge in [-0.15, -0.1) is 11.3 Å². The molecule has 30 heavy (non-hydrogen) atoms. The number of hydrogen-bond acceptors (Lipinski definition) is 5. The zero-order valence-corrected chi connectivity index (χ0v) is 19.1. The van der Waals surface area contributed by atoms with E-state index in [0.717, 1.165) is 33.1 Å². The average molecular weight is 434 g/mol. The summed E-state index contributed by atoms with van der Waals surface area (Å²) in [6.45, 7) is 7.79. The van der Waals surface area contributed by atoms with Crippen molar-refractivity contribution in [2.75, 3.05) is 4.90 Å². The van der Waals surface area contributed by atoms with Gasteiger partial charge in [-0.25, -0.2) is 9.97 Å². The predicted octanol–water partition coefficient (Wildman–Crippen LogP) is 6.59. The third-order valence-corrected chi connectivity index (χ3v) is 6.95. The maximum Gasteiger partial charge on any atom is 0.230 e. The molecule has 0 aliphatic heterocycles. The molecule has 0 spiro atoms. The molecule has 0 bridgehead atoms. The maximum absolute atomic E-state index is 12.4. The number of anilines is 2. The van der Waals surface area contributed by atoms with E-state index >= 15 is 0 Å². The summed E-state index contributed by atoms with van der Waals surface area (Å²) in [6.07, 6.45) is 0. The molecule has 0 fully saturated rings. The van der Waals surface area contributed by atoms with Gasteiger partial charge in [0.25, 0.3) is 0 Å². The van der Waals surface area contributed by atoms with Crippen molar-refractivity contribution >= 4 is 50.7 Å². The number of amides is 1. The lowest BCUT2D eigenvalue weighted by Gasteiger charge is -2.21. The van der Waals surface area contributed by atoms with Crippen LogP contribution in [0.1, 0.15) is 29.3 Å². The first-order valence-corrected chi connectivity index (χ1v) is 11.6. The van der Waals surface area contributed by atoms with Crippen LogP contribution in [0, 0.1) is 20.8 Å². The van der Waals surface area contributed by atoms with Gasteiger partial charge in [0.05, 0.1) is 21.9 Å². The van der Waals surface area contributed by atoms with Crippen LogP contribution in [0.4, 0.5) is 10.8 Å². The summed E-state index contributed by atoms with van der Waals surface area (Å²) in [5, 5.41) is 4.90. The van der Waals surface area contributed by atoms with Crippen LogP contribution in [-0.4, -0.2) is 15.9 Å². The standard InChI is InChI=1S/C24H23N3OS2/c1-15-8-7-11-22(17(15)3)27(18(4)28)24-25-19(14-30-24)13-29-23-12-16(2)20-9-5-6-10-21(20)26-23/h5-12,14H,13H2,1-4H3. The number of aryl methyl sites for hydroxylation is 2. The van der Waals surface area contributed by atoms with Crippen LogP contribution >= 0.6 is 23.1 Å². The van der Waals surface area contributed by atoms with E-state index in [9.17, 15) is 4.79 Å². The number of hydrogen-bond donors (Lipinski definition) is 0. The Kier molecular flexibility index (Phi) is 5.88. The summed E-state index contributed by atoms with van der Waals surface area (Å²) in [5.74, 6) is 0.670. The molecule has 0 radical (unpaired) electrons. The van der Waals surface area contributed by atoms with Crippen LogP contribution in [0.3, 0.4) is 0 Å². The van der Waals surface area contributed by atoms with Gasteiger partial charge in [0.2, 0.25) is 5.91 Å². The van der Waals surface area contributed by atoms with Gasteiger partial charge in [0.1, 0.15) is 0 Å². The number of fused-ring (bicyclic) bond motifs is 1. The summed E-state index contributed by atoms with van der Waals surface area (Å²) in [7, 11) is 0. The largest absolute Gasteiger partial charge is 0.274 e. The number of carbonyl (C=O) groups is 1. The molecule has 0 unspecified atom stereocenters. The molecule has 4 rings (SSSR count). The molecule has 152 valence electrons. The van der Waals surface area contributed by atoms with E-state index in [4.69, 9.17) is 9.97 Å². The fourth-order valence-electron chi connectivity index (χ4n) is 3.39. The van der Waals surface area contributed by atoms with E-state index < -0.39 is 0 Å². The highest BCUT2D eigenvalue weighted by molar-refractivity contribution is 7.98. The Labute approximate surface area is 185 Å². The van der Waals surface area contributed by atoms with Gasteiger partial charge in [0, 0.05) is 23.4 Å². The van der Waals surface area contributed by atoms with Crippen molar-refractivity contribution in [3.05, 3.63) is 76.3 Å². The topological polar surface area (TPSA) is 46.1 Å². The number of carbonyl (C=O) groups excluding carboxylic acids is 1. The molecule has 0 saturated carbocycles. The minimum atomic E-state index is -0.0379. The number of benzene rings is 2. The smallest absolute Gasteiger partial charge is 0.230 e. The van der Waals surface area contributed by atoms with Gasteiger partial charge >= 0.3 is 0 Å². The summed E-state index contributed by atoms with van der Waals surface area (Å²) in [5.41, 5.74) is 6.32. The lowest BCUT2D eigenvalue weighted by molar-refractivity contribution is -0.115. The van der Waals surface area contributed by atoms with Crippen LogP contribution in [0.25, 0.3) is 10.9 Å². The molecule has 4 nitrogen and oxygen atoms in total. The molecular formula is C24H23N3OS2. The van der Waals surface area contributed by atoms with Gasteiger partial charge < -0.3 is 0 Å². The van der Waals surface area contributed by atoms with Gasteiger partial charge in [0.15, 0.2) is 5.13 Å². The second-order valence-corrected chi connectivity index (χ2v) is 9.11. The molecule has 2 aromatic heterocycles. The first-order chi connectivity index (χ1) is 14.4. The lowest BCUT2D eigenvalue weighted by Crippen LogP contribution is -2.23. The van der Waals surface area contributed by atoms with E-state index in [0.29, 0.717) is 10.9 Å². The van der Waals surface area contributed by atoms with E-state index in [1.807, 2.05) is 42.6 Å². The van der Waals surface area contributed by atoms with Crippen molar-refractivity contribution in [2.45, 2.75) is 38.5 Å². The van der Waals surface area contributed by atoms with Crippen LogP contribution in [0.2, 0.25) is 0 Å². The normalized spacial score (nSPS) is 11.1. The van der Waals surface area contributed by atoms with E-state index in [1.165, 1.54) is 22.3 Å². The molecule has 6 heteroatoms. The van der Waals surface area contributed by atoms with Crippen molar-refractivity contribution in [1.82, 2.24) is 9.97 Å². The molecule has 0 saturated heterocycles. The van der Waals surface area contributed by atoms with Crippen LogP contribution in [0.15, 0.2) is 58.9 Å². The summed E-state index contributed by atoms with van der Waals surface area (Å²) in [6, 6.07) is 16.3. The molecule has 1 amide bonds. The zero-order chi connectivity index (χ0) is 21.3. The molecule has 2 aromatic carbocycles. The van der Waals surface area contributed by atoms with E-state index in [1.54, 1.807) is 23.6 Å². The van der Waals surface area contributed by atoms with Crippen molar-refractivity contribution in [1.29, 1.82) is 0 Å². The quantitative estimate of drug-likeness (QED) is 0.333. The highest BCUT2D eigenvalue weighted by Crippen LogP contribution is 2.34. The Balaban J connectivity index is 1.56. The third kappa shape index (κ3) is 4.11. The van der Waals surface area contributed by atoms with E-state index in [2.05, 4.69) is 32.0 Å². The summed E-state index contributed by atoms with van der Waals surface area (Å²) >= 11 is 3.16. The van der Waals surface area contributed by atoms with Gasteiger partial charge in [-0.05, 0) is 55.7 Å². The van der Waals surface area contributed by atoms with E-state index in [-0.39, 0.29) is 5.91 Å². The Bertz CT molecular complexity index is 1230. The molecule has 4 aromatic rings. The van der Waals surface area contributed by atoms with Crippen molar-refractivity contribution in [3.63, 3.8) is 0 Å². The average Bonchev–Trinajstić information content (AvgIpc) is 3.18. The maximum atomic E-state index is 12.4. The minimum absolute atomic E-state index is 0.0379. The fraction of sp³-hybridized carbons (Fsp3) is 0.208. The minimum Gasteiger partial charge on any atom is -0.274 e. The second-order valence-electron chi connectivity index (χ2n) is 7.28. The highest BCUT2D eigenvalue weighted by atomic mass is 32.2. The Morgan fingerprint density at radius 3 is 2.63 bits per heavy atom. The molecule has 2 heterocycles. The number of aromatic nitrogens is 2. The van der Waals surface area contributed by atoms with Gasteiger partial charge in [-0.2, -0.15) is 0 Å². The molecule has 0 atom stereocenters. The molecule has 0 N–H and O–H groups in total. The number of thioether (sulfide) groups is 1. The Morgan fingerprint density at radius 2 is 1.83 bits per heavy atom. The monoisotopic (exact) mass is 433 g/mol. The number of thiazole rings is 1. The number of para-hydroxylation sites is 1. The SMILES string of the molecule is CC(=O)N(c1nc(CSc2cc(C)c3ccccc3n2)cs1)c1cccc(C)c1C. The van der Waals surface area contributed by atoms with Gasteiger partial charge in [-0.1, -0.05) is 42.1 Å². The van der Waals surface area contributed by atoms with Crippen molar-refractivity contribution in [2.24, 2.45) is 0 Å². The number of pyridine rings is 1. The molecule has 0 aliphatic rings. The fourth-order valence-corrected chi connectivity index (χ4v) is 5.24. The molecular weight excluding hydrogens is 410 g/mol. The van der Waals surface area contributed by atoms with Crippen molar-refractivity contribution in [3.8, 4) is 0 Å². The predicted molar refractivity (Wildman–Crippen MR) is 127 cm³/mol. The summed E-state index contributed by atoms with van der Waals surface area (Å²) in [4.78, 5) is 23.7. The number of nitrogens with zero attached hydrogens (tertiary/aromatic N) is 3. The number of rotatable bonds is 5. The molecule has 0 aliphatic carbocycles. The van der Waals surface area contributed by atoms with Crippen LogP contribution < -0.4 is 4.90 Å². The first kappa shape index (κ1) is 20.6. The van der Waals surface area contributed by atoms with Crippen LogP contribution in [0.5, 0.6) is 0 Å². The Hall–Kier alpha value is -2.70. The third-order valence-electron chi connectivity index (χ3n) is 5.13. The van der Waals surface area contributed by atoms with Gasteiger partial charge in [-0.3, -0.25) is 9.69 Å².